The Morgan fingerprint density at radius 3 is 2.45 bits per heavy atom. The SMILES string of the molecule is CCCC(=O)n1nnnc1-c1ccccc1-c1ccc(CNC2(C(=O)O)CCCN2C(=O)c2ccc3ccccc3n2)cc1. The molecule has 5 aromatic rings. The van der Waals surface area contributed by atoms with Crippen molar-refractivity contribution in [3.63, 3.8) is 0 Å². The number of rotatable bonds is 9. The van der Waals surface area contributed by atoms with E-state index >= 15 is 0 Å². The molecule has 222 valence electrons. The molecule has 11 nitrogen and oxygen atoms in total. The fraction of sp³-hybridized carbons (Fsp3) is 0.242. The number of amides is 1. The van der Waals surface area contributed by atoms with Crippen molar-refractivity contribution in [1.29, 1.82) is 0 Å². The zero-order chi connectivity index (χ0) is 30.7. The molecule has 0 bridgehead atoms. The van der Waals surface area contributed by atoms with Crippen molar-refractivity contribution in [2.75, 3.05) is 6.54 Å². The van der Waals surface area contributed by atoms with E-state index in [4.69, 9.17) is 0 Å². The van der Waals surface area contributed by atoms with Crippen LogP contribution in [0.3, 0.4) is 0 Å². The van der Waals surface area contributed by atoms with Gasteiger partial charge in [-0.15, -0.1) is 5.10 Å². The lowest BCUT2D eigenvalue weighted by Gasteiger charge is -2.35. The van der Waals surface area contributed by atoms with Crippen molar-refractivity contribution in [3.05, 3.63) is 96.2 Å². The van der Waals surface area contributed by atoms with Crippen LogP contribution in [0.4, 0.5) is 0 Å². The number of carboxylic acid groups (broad SMARTS) is 1. The van der Waals surface area contributed by atoms with Crippen LogP contribution in [0, 0.1) is 0 Å². The van der Waals surface area contributed by atoms with Gasteiger partial charge in [-0.2, -0.15) is 4.68 Å². The third-order valence-corrected chi connectivity index (χ3v) is 7.99. The van der Waals surface area contributed by atoms with Crippen LogP contribution in [0.15, 0.2) is 84.9 Å². The molecule has 2 N–H and O–H groups in total. The lowest BCUT2D eigenvalue weighted by atomic mass is 9.98. The first-order valence-corrected chi connectivity index (χ1v) is 14.6. The fourth-order valence-electron chi connectivity index (χ4n) is 5.72. The van der Waals surface area contributed by atoms with Gasteiger partial charge in [-0.1, -0.05) is 79.7 Å². The molecule has 0 saturated carbocycles. The minimum Gasteiger partial charge on any atom is -0.478 e. The number of hydrogen-bond acceptors (Lipinski definition) is 8. The number of nitrogens with one attached hydrogen (secondary N) is 1. The van der Waals surface area contributed by atoms with Crippen molar-refractivity contribution < 1.29 is 19.5 Å². The highest BCUT2D eigenvalue weighted by Crippen LogP contribution is 2.32. The van der Waals surface area contributed by atoms with Crippen LogP contribution in [0.2, 0.25) is 0 Å². The Hall–Kier alpha value is -5.29. The largest absolute Gasteiger partial charge is 0.478 e. The van der Waals surface area contributed by atoms with Crippen LogP contribution in [0.1, 0.15) is 53.5 Å². The van der Waals surface area contributed by atoms with Crippen molar-refractivity contribution in [2.24, 2.45) is 0 Å². The highest BCUT2D eigenvalue weighted by Gasteiger charge is 2.50. The molecule has 44 heavy (non-hydrogen) atoms. The van der Waals surface area contributed by atoms with E-state index in [1.165, 1.54) is 9.58 Å². The zero-order valence-corrected chi connectivity index (χ0v) is 24.2. The topological polar surface area (TPSA) is 143 Å². The number of pyridine rings is 1. The van der Waals surface area contributed by atoms with Crippen LogP contribution in [0.25, 0.3) is 33.4 Å². The fourth-order valence-corrected chi connectivity index (χ4v) is 5.72. The molecule has 1 amide bonds. The van der Waals surface area contributed by atoms with Crippen molar-refractivity contribution in [3.8, 4) is 22.5 Å². The number of carbonyl (C=O) groups excluding carboxylic acids is 2. The van der Waals surface area contributed by atoms with Crippen LogP contribution in [-0.2, 0) is 11.3 Å². The standard InChI is InChI=1S/C33H31N7O4/c1-2-8-29(41)40-30(36-37-38-40)26-11-5-4-10-25(26)23-15-13-22(14-16-23)21-34-33(32(43)44)19-7-20-39(33)31(42)28-18-17-24-9-3-6-12-27(24)35-28/h3-6,9-18,34H,2,7-8,19-21H2,1H3,(H,43,44). The van der Waals surface area contributed by atoms with Crippen LogP contribution in [-0.4, -0.2) is 65.2 Å². The molecule has 2 aromatic heterocycles. The highest BCUT2D eigenvalue weighted by molar-refractivity contribution is 5.98. The Morgan fingerprint density at radius 1 is 0.932 bits per heavy atom. The molecule has 1 saturated heterocycles. The Morgan fingerprint density at radius 2 is 1.68 bits per heavy atom. The summed E-state index contributed by atoms with van der Waals surface area (Å²) < 4.78 is 1.24. The number of nitrogens with zero attached hydrogens (tertiary/aromatic N) is 6. The third-order valence-electron chi connectivity index (χ3n) is 7.99. The maximum absolute atomic E-state index is 13.6. The second-order valence-electron chi connectivity index (χ2n) is 10.8. The number of tetrazole rings is 1. The van der Waals surface area contributed by atoms with Crippen LogP contribution >= 0.6 is 0 Å². The van der Waals surface area contributed by atoms with Gasteiger partial charge in [0.25, 0.3) is 5.91 Å². The summed E-state index contributed by atoms with van der Waals surface area (Å²) >= 11 is 0. The molecule has 3 heterocycles. The summed E-state index contributed by atoms with van der Waals surface area (Å²) in [6, 6.07) is 26.2. The van der Waals surface area contributed by atoms with E-state index < -0.39 is 17.5 Å². The molecule has 11 heteroatoms. The molecule has 1 aliphatic rings. The first-order valence-electron chi connectivity index (χ1n) is 14.6. The normalized spacial score (nSPS) is 16.3. The summed E-state index contributed by atoms with van der Waals surface area (Å²) in [5.74, 6) is -1.33. The van der Waals surface area contributed by atoms with Gasteiger partial charge in [-0.05, 0) is 58.5 Å². The monoisotopic (exact) mass is 589 g/mol. The molecule has 6 rings (SSSR count). The lowest BCUT2D eigenvalue weighted by molar-refractivity contribution is -0.150. The van der Waals surface area contributed by atoms with Gasteiger partial charge in [0, 0.05) is 30.5 Å². The molecule has 0 aliphatic carbocycles. The lowest BCUT2D eigenvalue weighted by Crippen LogP contribution is -2.62. The van der Waals surface area contributed by atoms with Crippen LogP contribution < -0.4 is 5.32 Å². The van der Waals surface area contributed by atoms with E-state index in [0.29, 0.717) is 37.1 Å². The molecular weight excluding hydrogens is 558 g/mol. The molecule has 3 aromatic carbocycles. The van der Waals surface area contributed by atoms with E-state index in [1.54, 1.807) is 6.07 Å². The second-order valence-corrected chi connectivity index (χ2v) is 10.8. The molecule has 1 fully saturated rings. The first-order chi connectivity index (χ1) is 21.4. The summed E-state index contributed by atoms with van der Waals surface area (Å²) in [5.41, 5.74) is 2.64. The number of para-hydroxylation sites is 1. The number of hydrogen-bond donors (Lipinski definition) is 2. The summed E-state index contributed by atoms with van der Waals surface area (Å²) in [6.07, 6.45) is 1.85. The maximum atomic E-state index is 13.6. The predicted molar refractivity (Wildman–Crippen MR) is 163 cm³/mol. The van der Waals surface area contributed by atoms with E-state index in [0.717, 1.165) is 27.6 Å². The smallest absolute Gasteiger partial charge is 0.344 e. The first kappa shape index (κ1) is 28.8. The Kier molecular flexibility index (Phi) is 7.95. The van der Waals surface area contributed by atoms with E-state index in [1.807, 2.05) is 85.8 Å². The van der Waals surface area contributed by atoms with Crippen molar-refractivity contribution >= 4 is 28.7 Å². The van der Waals surface area contributed by atoms with E-state index in [-0.39, 0.29) is 24.6 Å². The minimum atomic E-state index is -1.56. The Labute approximate surface area is 253 Å². The molecule has 1 atom stereocenters. The van der Waals surface area contributed by atoms with Crippen molar-refractivity contribution in [1.82, 2.24) is 35.4 Å². The van der Waals surface area contributed by atoms with Gasteiger partial charge in [0.1, 0.15) is 5.69 Å². The number of aromatic nitrogens is 5. The van der Waals surface area contributed by atoms with Gasteiger partial charge in [0.2, 0.25) is 5.91 Å². The van der Waals surface area contributed by atoms with E-state index in [9.17, 15) is 19.5 Å². The molecular formula is C33H31N7O4. The molecule has 1 aliphatic heterocycles. The van der Waals surface area contributed by atoms with Gasteiger partial charge in [-0.3, -0.25) is 14.9 Å². The predicted octanol–water partition coefficient (Wildman–Crippen LogP) is 4.80. The third kappa shape index (κ3) is 5.33. The summed E-state index contributed by atoms with van der Waals surface area (Å²) in [7, 11) is 0. The number of carbonyl (C=O) groups is 3. The molecule has 0 radical (unpaired) electrons. The highest BCUT2D eigenvalue weighted by atomic mass is 16.4. The molecule has 0 spiro atoms. The average Bonchev–Trinajstić information content (AvgIpc) is 3.72. The van der Waals surface area contributed by atoms with Crippen LogP contribution in [0.5, 0.6) is 0 Å². The summed E-state index contributed by atoms with van der Waals surface area (Å²) in [6.45, 7) is 2.46. The Bertz CT molecular complexity index is 1850. The summed E-state index contributed by atoms with van der Waals surface area (Å²) in [4.78, 5) is 44.8. The van der Waals surface area contributed by atoms with Crippen molar-refractivity contribution in [2.45, 2.75) is 44.8 Å². The van der Waals surface area contributed by atoms with Gasteiger partial charge < -0.3 is 10.0 Å². The Balaban J connectivity index is 1.22. The number of fused-ring (bicyclic) bond motifs is 1. The quantitative estimate of drug-likeness (QED) is 0.232. The van der Waals surface area contributed by atoms with E-state index in [2.05, 4.69) is 25.8 Å². The molecule has 1 unspecified atom stereocenters. The van der Waals surface area contributed by atoms with Gasteiger partial charge >= 0.3 is 5.97 Å². The second kappa shape index (κ2) is 12.1. The number of aliphatic carboxylic acids is 1. The zero-order valence-electron chi connectivity index (χ0n) is 24.2. The van der Waals surface area contributed by atoms with Gasteiger partial charge in [0.05, 0.1) is 5.52 Å². The maximum Gasteiger partial charge on any atom is 0.344 e. The number of carboxylic acids is 1. The number of benzene rings is 3. The van der Waals surface area contributed by atoms with Gasteiger partial charge in [-0.25, -0.2) is 9.78 Å². The average molecular weight is 590 g/mol. The number of likely N-dealkylation sites (tertiary alicyclic amines) is 1. The minimum absolute atomic E-state index is 0.174. The van der Waals surface area contributed by atoms with Gasteiger partial charge in [0.15, 0.2) is 11.5 Å². The summed E-state index contributed by atoms with van der Waals surface area (Å²) in [5, 5.41) is 26.2.